The van der Waals surface area contributed by atoms with E-state index in [-0.39, 0.29) is 4.90 Å². The Hall–Kier alpha value is -1.89. The molecule has 0 amide bonds. The lowest BCUT2D eigenvalue weighted by Crippen LogP contribution is -2.39. The second kappa shape index (κ2) is 7.85. The van der Waals surface area contributed by atoms with Gasteiger partial charge in [0.15, 0.2) is 15.0 Å². The van der Waals surface area contributed by atoms with Crippen molar-refractivity contribution in [1.82, 2.24) is 4.98 Å². The summed E-state index contributed by atoms with van der Waals surface area (Å²) in [4.78, 5) is 7.19. The lowest BCUT2D eigenvalue weighted by Gasteiger charge is -2.31. The largest absolute Gasteiger partial charge is 0.348 e. The Morgan fingerprint density at radius 2 is 1.75 bits per heavy atom. The Morgan fingerprint density at radius 1 is 1.07 bits per heavy atom. The van der Waals surface area contributed by atoms with Crippen molar-refractivity contribution in [3.8, 4) is 11.3 Å². The van der Waals surface area contributed by atoms with Crippen molar-refractivity contribution < 1.29 is 8.42 Å². The van der Waals surface area contributed by atoms with E-state index in [4.69, 9.17) is 16.6 Å². The zero-order valence-electron chi connectivity index (χ0n) is 15.5. The summed E-state index contributed by atoms with van der Waals surface area (Å²) in [6.45, 7) is 3.42. The number of aromatic nitrogens is 1. The molecule has 0 unspecified atom stereocenters. The summed E-state index contributed by atoms with van der Waals surface area (Å²) < 4.78 is 25.9. The number of anilines is 1. The van der Waals surface area contributed by atoms with Gasteiger partial charge in [0.1, 0.15) is 0 Å². The molecule has 3 aromatic rings. The standard InChI is InChI=1S/C21H21ClN2O2S2/c1-15-6-8-16(9-7-15)19-14-27-21(23-19)24-12-10-17(11-13-24)28(25,26)20-5-3-2-4-18(20)22/h2-9,14,17H,10-13H2,1H3. The van der Waals surface area contributed by atoms with Crippen molar-refractivity contribution in [2.75, 3.05) is 18.0 Å². The molecule has 4 rings (SSSR count). The van der Waals surface area contributed by atoms with E-state index in [2.05, 4.69) is 41.5 Å². The molecule has 0 N–H and O–H groups in total. The molecule has 7 heteroatoms. The quantitative estimate of drug-likeness (QED) is 0.567. The van der Waals surface area contributed by atoms with Crippen LogP contribution in [-0.4, -0.2) is 31.7 Å². The first kappa shape index (κ1) is 19.4. The van der Waals surface area contributed by atoms with Gasteiger partial charge in [0.05, 0.1) is 20.9 Å². The van der Waals surface area contributed by atoms with Gasteiger partial charge in [0.2, 0.25) is 0 Å². The van der Waals surface area contributed by atoms with Crippen LogP contribution in [-0.2, 0) is 9.84 Å². The van der Waals surface area contributed by atoms with E-state index in [1.54, 1.807) is 35.6 Å². The van der Waals surface area contributed by atoms with Gasteiger partial charge < -0.3 is 4.90 Å². The fraction of sp³-hybridized carbons (Fsp3) is 0.286. The van der Waals surface area contributed by atoms with Crippen LogP contribution in [0.15, 0.2) is 58.8 Å². The molecule has 2 aromatic carbocycles. The van der Waals surface area contributed by atoms with E-state index in [1.165, 1.54) is 5.56 Å². The SMILES string of the molecule is Cc1ccc(-c2csc(N3CCC(S(=O)(=O)c4ccccc4Cl)CC3)n2)cc1. The summed E-state index contributed by atoms with van der Waals surface area (Å²) in [5.41, 5.74) is 3.29. The van der Waals surface area contributed by atoms with Crippen LogP contribution in [0.5, 0.6) is 0 Å². The smallest absolute Gasteiger partial charge is 0.185 e. The zero-order chi connectivity index (χ0) is 19.7. The van der Waals surface area contributed by atoms with Crippen LogP contribution in [0.3, 0.4) is 0 Å². The monoisotopic (exact) mass is 432 g/mol. The van der Waals surface area contributed by atoms with Gasteiger partial charge in [-0.25, -0.2) is 13.4 Å². The number of sulfone groups is 1. The molecule has 1 fully saturated rings. The number of piperidine rings is 1. The minimum Gasteiger partial charge on any atom is -0.348 e. The second-order valence-electron chi connectivity index (χ2n) is 7.04. The first-order chi connectivity index (χ1) is 13.4. The molecule has 2 heterocycles. The number of nitrogens with zero attached hydrogens (tertiary/aromatic N) is 2. The Morgan fingerprint density at radius 3 is 2.43 bits per heavy atom. The van der Waals surface area contributed by atoms with Crippen LogP contribution in [0, 0.1) is 6.92 Å². The molecule has 0 spiro atoms. The Kier molecular flexibility index (Phi) is 5.45. The van der Waals surface area contributed by atoms with Crippen LogP contribution in [0.2, 0.25) is 5.02 Å². The van der Waals surface area contributed by atoms with Crippen molar-refractivity contribution in [2.24, 2.45) is 0 Å². The topological polar surface area (TPSA) is 50.3 Å². The highest BCUT2D eigenvalue weighted by Crippen LogP contribution is 2.33. The molecular weight excluding hydrogens is 412 g/mol. The van der Waals surface area contributed by atoms with Gasteiger partial charge >= 0.3 is 0 Å². The van der Waals surface area contributed by atoms with Gasteiger partial charge in [0.25, 0.3) is 0 Å². The zero-order valence-corrected chi connectivity index (χ0v) is 17.9. The third-order valence-electron chi connectivity index (χ3n) is 5.13. The van der Waals surface area contributed by atoms with E-state index in [1.807, 2.05) is 0 Å². The summed E-state index contributed by atoms with van der Waals surface area (Å²) in [5, 5.41) is 2.91. The van der Waals surface area contributed by atoms with Gasteiger partial charge in [-0.15, -0.1) is 11.3 Å². The summed E-state index contributed by atoms with van der Waals surface area (Å²) in [5.74, 6) is 0. The third-order valence-corrected chi connectivity index (χ3v) is 8.80. The average molecular weight is 433 g/mol. The summed E-state index contributed by atoms with van der Waals surface area (Å²) >= 11 is 7.73. The normalized spacial score (nSPS) is 15.7. The van der Waals surface area contributed by atoms with Crippen molar-refractivity contribution >= 4 is 37.9 Å². The van der Waals surface area contributed by atoms with Crippen LogP contribution in [0.1, 0.15) is 18.4 Å². The van der Waals surface area contributed by atoms with Gasteiger partial charge in [0, 0.05) is 24.0 Å². The fourth-order valence-electron chi connectivity index (χ4n) is 3.48. The van der Waals surface area contributed by atoms with Crippen LogP contribution < -0.4 is 4.90 Å². The van der Waals surface area contributed by atoms with Gasteiger partial charge in [-0.3, -0.25) is 0 Å². The van der Waals surface area contributed by atoms with Gasteiger partial charge in [-0.2, -0.15) is 0 Å². The maximum Gasteiger partial charge on any atom is 0.185 e. The third kappa shape index (κ3) is 3.81. The predicted molar refractivity (Wildman–Crippen MR) is 116 cm³/mol. The highest BCUT2D eigenvalue weighted by Gasteiger charge is 2.33. The van der Waals surface area contributed by atoms with E-state index in [0.717, 1.165) is 16.4 Å². The highest BCUT2D eigenvalue weighted by atomic mass is 35.5. The van der Waals surface area contributed by atoms with E-state index in [9.17, 15) is 8.42 Å². The lowest BCUT2D eigenvalue weighted by molar-refractivity contribution is 0.529. The second-order valence-corrected chi connectivity index (χ2v) is 10.5. The average Bonchev–Trinajstić information content (AvgIpc) is 3.19. The molecular formula is C21H21ClN2O2S2. The fourth-order valence-corrected chi connectivity index (χ4v) is 6.62. The van der Waals surface area contributed by atoms with E-state index >= 15 is 0 Å². The maximum absolute atomic E-state index is 13.0. The number of thiazole rings is 1. The number of halogens is 1. The van der Waals surface area contributed by atoms with Crippen LogP contribution in [0.4, 0.5) is 5.13 Å². The molecule has 1 aromatic heterocycles. The Balaban J connectivity index is 1.46. The molecule has 146 valence electrons. The van der Waals surface area contributed by atoms with Gasteiger partial charge in [-0.05, 0) is 31.9 Å². The van der Waals surface area contributed by atoms with Crippen molar-refractivity contribution in [1.29, 1.82) is 0 Å². The maximum atomic E-state index is 13.0. The molecule has 0 aliphatic carbocycles. The Labute approximate surface area is 174 Å². The highest BCUT2D eigenvalue weighted by molar-refractivity contribution is 7.92. The summed E-state index contributed by atoms with van der Waals surface area (Å²) in [6, 6.07) is 15.0. The number of benzene rings is 2. The van der Waals surface area contributed by atoms with Crippen LogP contribution >= 0.6 is 22.9 Å². The molecule has 0 saturated carbocycles. The minimum absolute atomic E-state index is 0.242. The number of hydrogen-bond acceptors (Lipinski definition) is 5. The van der Waals surface area contributed by atoms with Crippen molar-refractivity contribution in [3.63, 3.8) is 0 Å². The first-order valence-corrected chi connectivity index (χ1v) is 12.0. The molecule has 28 heavy (non-hydrogen) atoms. The summed E-state index contributed by atoms with van der Waals surface area (Å²) in [7, 11) is -3.42. The lowest BCUT2D eigenvalue weighted by atomic mass is 10.1. The molecule has 0 radical (unpaired) electrons. The molecule has 0 atom stereocenters. The minimum atomic E-state index is -3.42. The molecule has 1 aliphatic rings. The predicted octanol–water partition coefficient (Wildman–Crippen LogP) is 5.21. The van der Waals surface area contributed by atoms with Crippen molar-refractivity contribution in [2.45, 2.75) is 29.9 Å². The van der Waals surface area contributed by atoms with Crippen molar-refractivity contribution in [3.05, 3.63) is 64.5 Å². The number of aryl methyl sites for hydroxylation is 1. The Bertz CT molecular complexity index is 1070. The van der Waals surface area contributed by atoms with E-state index < -0.39 is 15.1 Å². The molecule has 4 nitrogen and oxygen atoms in total. The molecule has 1 aliphatic heterocycles. The number of rotatable bonds is 4. The van der Waals surface area contributed by atoms with Gasteiger partial charge in [-0.1, -0.05) is 53.6 Å². The molecule has 1 saturated heterocycles. The van der Waals surface area contributed by atoms with Crippen LogP contribution in [0.25, 0.3) is 11.3 Å². The molecule has 0 bridgehead atoms. The number of hydrogen-bond donors (Lipinski definition) is 0. The van der Waals surface area contributed by atoms with E-state index in [0.29, 0.717) is 31.0 Å². The first-order valence-electron chi connectivity index (χ1n) is 9.21. The summed E-state index contributed by atoms with van der Waals surface area (Å²) in [6.07, 6.45) is 1.15.